The smallest absolute Gasteiger partial charge is 0.303 e. The third kappa shape index (κ3) is 22.7. The molecule has 0 bridgehead atoms. The summed E-state index contributed by atoms with van der Waals surface area (Å²) in [6.07, 6.45) is 6.92. The molecular formula is C57H81N17O12S. The molecule has 0 spiro atoms. The van der Waals surface area contributed by atoms with Crippen LogP contribution in [0.5, 0.6) is 0 Å². The summed E-state index contributed by atoms with van der Waals surface area (Å²) < 4.78 is 0. The molecule has 19 N–H and O–H groups in total. The summed E-state index contributed by atoms with van der Waals surface area (Å²) in [4.78, 5) is 165. The topological polar surface area (TPSA) is 468 Å². The molecule has 8 atom stereocenters. The lowest BCUT2D eigenvalue weighted by Gasteiger charge is -2.28. The van der Waals surface area contributed by atoms with Gasteiger partial charge in [-0.05, 0) is 93.5 Å². The van der Waals surface area contributed by atoms with Crippen LogP contribution < -0.4 is 65.5 Å². The minimum absolute atomic E-state index is 0.00575. The van der Waals surface area contributed by atoms with Crippen LogP contribution in [0.3, 0.4) is 0 Å². The number of H-pyrrole nitrogens is 2. The Hall–Kier alpha value is -9.06. The first-order valence-electron chi connectivity index (χ1n) is 28.7. The number of carboxylic acids is 1. The largest absolute Gasteiger partial charge is 0.481 e. The number of benzene rings is 2. The van der Waals surface area contributed by atoms with E-state index in [-0.39, 0.29) is 64.0 Å². The summed E-state index contributed by atoms with van der Waals surface area (Å²) in [5.74, 6) is -8.72. The minimum atomic E-state index is -1.52. The highest BCUT2D eigenvalue weighted by Gasteiger charge is 2.38. The summed E-state index contributed by atoms with van der Waals surface area (Å²) in [5.41, 5.74) is 24.8. The lowest BCUT2D eigenvalue weighted by molar-refractivity contribution is -0.140. The highest BCUT2D eigenvalue weighted by molar-refractivity contribution is 7.98. The fourth-order valence-corrected chi connectivity index (χ4v) is 10.3. The zero-order chi connectivity index (χ0) is 63.4. The number of fused-ring (bicyclic) bond motifs is 1. The van der Waals surface area contributed by atoms with E-state index in [0.717, 1.165) is 10.9 Å². The number of aromatic nitrogens is 3. The van der Waals surface area contributed by atoms with Gasteiger partial charge in [0.05, 0.1) is 12.9 Å². The van der Waals surface area contributed by atoms with Crippen LogP contribution >= 0.6 is 11.8 Å². The van der Waals surface area contributed by atoms with Crippen molar-refractivity contribution in [2.24, 2.45) is 27.9 Å². The Bertz CT molecular complexity index is 3010. The predicted molar refractivity (Wildman–Crippen MR) is 323 cm³/mol. The molecule has 87 heavy (non-hydrogen) atoms. The SMILES string of the molecule is CSCC[C@H](NC(C)=O)C(=O)N[C@@H](CCC(=O)O)C(=O)N[C@@H](Cc1cnc[nH]1)C(=O)N[C@@H](Cc1ccccc1)C(=O)N[C@@H](CCCN=C(N)N)C(=O)N[C@@H](Cc1c[nH]c2ccccc12)C(=O)NCC(=O)N[C@@H](CCCCN)C(=O)N1CCC[C@H]1C(N)=O. The molecule has 1 aliphatic rings. The summed E-state index contributed by atoms with van der Waals surface area (Å²) in [6, 6.07) is 5.39. The minimum Gasteiger partial charge on any atom is -0.481 e. The van der Waals surface area contributed by atoms with Crippen LogP contribution in [-0.4, -0.2) is 182 Å². The number of hydrogen-bond donors (Lipinski definition) is 15. The van der Waals surface area contributed by atoms with Gasteiger partial charge in [-0.1, -0.05) is 48.5 Å². The van der Waals surface area contributed by atoms with Crippen molar-refractivity contribution in [3.8, 4) is 0 Å². The molecule has 3 heterocycles. The number of aliphatic carboxylic acids is 1. The lowest BCUT2D eigenvalue weighted by atomic mass is 10.0. The molecule has 29 nitrogen and oxygen atoms in total. The molecule has 10 amide bonds. The Labute approximate surface area is 507 Å². The van der Waals surface area contributed by atoms with Gasteiger partial charge in [0.25, 0.3) is 0 Å². The third-order valence-corrected chi connectivity index (χ3v) is 14.9. The number of carboxylic acid groups (broad SMARTS) is 1. The summed E-state index contributed by atoms with van der Waals surface area (Å²) >= 11 is 1.41. The van der Waals surface area contributed by atoms with Gasteiger partial charge in [0.1, 0.15) is 48.3 Å². The molecule has 0 unspecified atom stereocenters. The second-order valence-corrected chi connectivity index (χ2v) is 22.0. The molecule has 5 rings (SSSR count). The van der Waals surface area contributed by atoms with Crippen molar-refractivity contribution in [2.45, 2.75) is 139 Å². The molecule has 472 valence electrons. The Morgan fingerprint density at radius 3 is 1.90 bits per heavy atom. The number of imidazole rings is 1. The maximum atomic E-state index is 14.9. The normalized spacial score (nSPS) is 15.2. The average Bonchev–Trinajstić information content (AvgIpc) is 2.51. The number of hydrogen-bond acceptors (Lipinski definition) is 15. The number of carbonyl (C=O) groups is 11. The van der Waals surface area contributed by atoms with Gasteiger partial charge >= 0.3 is 5.97 Å². The number of unbranched alkanes of at least 4 members (excludes halogenated alkanes) is 1. The number of para-hydroxylation sites is 1. The molecule has 0 saturated carbocycles. The number of carbonyl (C=O) groups excluding carboxylic acids is 10. The number of rotatable bonds is 37. The van der Waals surface area contributed by atoms with Crippen LogP contribution in [-0.2, 0) is 72.0 Å². The Kier molecular flexibility index (Phi) is 28.0. The third-order valence-electron chi connectivity index (χ3n) is 14.3. The van der Waals surface area contributed by atoms with Gasteiger partial charge in [-0.25, -0.2) is 4.98 Å². The predicted octanol–water partition coefficient (Wildman–Crippen LogP) is -2.27. The van der Waals surface area contributed by atoms with E-state index in [4.69, 9.17) is 22.9 Å². The van der Waals surface area contributed by atoms with E-state index >= 15 is 0 Å². The number of primary amides is 1. The van der Waals surface area contributed by atoms with Crippen LogP contribution in [0.4, 0.5) is 0 Å². The molecule has 2 aromatic carbocycles. The van der Waals surface area contributed by atoms with Gasteiger partial charge < -0.3 is 85.4 Å². The number of nitrogens with two attached hydrogens (primary N) is 4. The number of nitrogens with zero attached hydrogens (tertiary/aromatic N) is 3. The van der Waals surface area contributed by atoms with Gasteiger partial charge in [-0.15, -0.1) is 0 Å². The van der Waals surface area contributed by atoms with Crippen molar-refractivity contribution >= 4 is 93.7 Å². The number of nitrogens with one attached hydrogen (secondary N) is 10. The van der Waals surface area contributed by atoms with Crippen LogP contribution in [0.15, 0.2) is 78.3 Å². The molecule has 0 radical (unpaired) electrons. The second-order valence-electron chi connectivity index (χ2n) is 21.0. The maximum absolute atomic E-state index is 14.9. The monoisotopic (exact) mass is 1230 g/mol. The molecule has 4 aromatic rings. The van der Waals surface area contributed by atoms with Gasteiger partial charge in [0.15, 0.2) is 5.96 Å². The standard InChI is InChI=1S/C57H81N17O12S/c1-33(75)67-41(21-25-87-2)53(83)70-40(19-20-48(77)78)52(82)73-45(28-36-30-62-32-66-36)55(85)71-43(26-34-12-4-3-5-13-34)54(84)69-39(17-10-23-63-57(60)61)51(81)72-44(27-35-29-64-38-15-7-6-14-37(35)38)50(80)65-31-47(76)68-42(16-8-9-22-58)56(86)74-24-11-18-46(74)49(59)79/h3-7,12-15,29-30,32,39-46,64H,8-11,16-28,31,58H2,1-2H3,(H2,59,79)(H,62,66)(H,65,80)(H,67,75)(H,68,76)(H,69,84)(H,70,83)(H,71,85)(H,72,81)(H,73,82)(H,77,78)(H4,60,61,63)/t39-,40-,41-,42-,43-,44-,45-,46-/m0/s1. The number of likely N-dealkylation sites (tertiary alicyclic amines) is 1. The maximum Gasteiger partial charge on any atom is 0.303 e. The zero-order valence-corrected chi connectivity index (χ0v) is 49.6. The number of guanidine groups is 1. The van der Waals surface area contributed by atoms with Gasteiger partial charge in [0, 0.05) is 74.7 Å². The van der Waals surface area contributed by atoms with E-state index in [1.165, 1.54) is 36.1 Å². The summed E-state index contributed by atoms with van der Waals surface area (Å²) in [6.45, 7) is 1.17. The first kappa shape index (κ1) is 68.7. The van der Waals surface area contributed by atoms with Crippen LogP contribution in [0.1, 0.15) is 88.0 Å². The Balaban J connectivity index is 1.43. The van der Waals surface area contributed by atoms with Crippen molar-refractivity contribution in [3.63, 3.8) is 0 Å². The quantitative estimate of drug-likeness (QED) is 0.0129. The molecule has 1 aliphatic heterocycles. The second kappa shape index (κ2) is 35.4. The molecule has 2 aromatic heterocycles. The fraction of sp³-hybridized carbons (Fsp3) is 0.491. The van der Waals surface area contributed by atoms with Crippen molar-refractivity contribution in [2.75, 3.05) is 38.2 Å². The van der Waals surface area contributed by atoms with E-state index in [0.29, 0.717) is 54.8 Å². The van der Waals surface area contributed by atoms with Crippen LogP contribution in [0.25, 0.3) is 10.9 Å². The number of amides is 10. The number of aliphatic imine (C=N–C) groups is 1. The number of aromatic amines is 2. The molecule has 1 saturated heterocycles. The van der Waals surface area contributed by atoms with E-state index in [9.17, 15) is 57.8 Å². The van der Waals surface area contributed by atoms with Gasteiger partial charge in [-0.3, -0.25) is 57.7 Å². The Morgan fingerprint density at radius 2 is 1.29 bits per heavy atom. The van der Waals surface area contributed by atoms with E-state index in [1.807, 2.05) is 12.1 Å². The van der Waals surface area contributed by atoms with Gasteiger partial charge in [-0.2, -0.15) is 11.8 Å². The van der Waals surface area contributed by atoms with Crippen LogP contribution in [0.2, 0.25) is 0 Å². The van der Waals surface area contributed by atoms with E-state index < -0.39 is 133 Å². The van der Waals surface area contributed by atoms with Crippen LogP contribution in [0, 0.1) is 0 Å². The average molecular weight is 1230 g/mol. The molecular weight excluding hydrogens is 1150 g/mol. The molecule has 30 heteroatoms. The first-order valence-corrected chi connectivity index (χ1v) is 30.0. The Morgan fingerprint density at radius 1 is 0.690 bits per heavy atom. The van der Waals surface area contributed by atoms with Gasteiger partial charge in [0.2, 0.25) is 59.1 Å². The van der Waals surface area contributed by atoms with E-state index in [1.54, 1.807) is 54.9 Å². The van der Waals surface area contributed by atoms with Crippen molar-refractivity contribution in [1.29, 1.82) is 0 Å². The van der Waals surface area contributed by atoms with Crippen molar-refractivity contribution in [3.05, 3.63) is 90.1 Å². The van der Waals surface area contributed by atoms with E-state index in [2.05, 4.69) is 62.5 Å². The highest BCUT2D eigenvalue weighted by Crippen LogP contribution is 2.21. The zero-order valence-electron chi connectivity index (χ0n) is 48.8. The first-order chi connectivity index (χ1) is 41.7. The highest BCUT2D eigenvalue weighted by atomic mass is 32.2. The lowest BCUT2D eigenvalue weighted by Crippen LogP contribution is -2.60. The summed E-state index contributed by atoms with van der Waals surface area (Å²) in [7, 11) is 0. The molecule has 1 fully saturated rings. The fourth-order valence-electron chi connectivity index (χ4n) is 9.85. The number of thioether (sulfide) groups is 1. The summed E-state index contributed by atoms with van der Waals surface area (Å²) in [5, 5.41) is 31.5. The van der Waals surface area contributed by atoms with Crippen molar-refractivity contribution in [1.82, 2.24) is 62.4 Å². The van der Waals surface area contributed by atoms with Crippen molar-refractivity contribution < 1.29 is 57.8 Å². The molecule has 0 aliphatic carbocycles.